The fourth-order valence-electron chi connectivity index (χ4n) is 8.47. The Kier molecular flexibility index (Phi) is 7.66. The molecule has 7 aromatic carbocycles. The summed E-state index contributed by atoms with van der Waals surface area (Å²) in [5.74, 6) is 0. The van der Waals surface area contributed by atoms with Crippen molar-refractivity contribution in [2.75, 3.05) is 4.90 Å². The second-order valence-electron chi connectivity index (χ2n) is 15.7. The lowest BCUT2D eigenvalue weighted by atomic mass is 9.63. The van der Waals surface area contributed by atoms with E-state index < -0.39 is 0 Å². The lowest BCUT2D eigenvalue weighted by Gasteiger charge is -2.42. The van der Waals surface area contributed by atoms with E-state index in [1.807, 2.05) is 0 Å². The number of para-hydroxylation sites is 1. The third-order valence-corrected chi connectivity index (χ3v) is 11.5. The van der Waals surface area contributed by atoms with Gasteiger partial charge in [0.2, 0.25) is 0 Å². The van der Waals surface area contributed by atoms with E-state index in [4.69, 9.17) is 0 Å². The molecule has 1 heterocycles. The number of aromatic nitrogens is 1. The highest BCUT2D eigenvalue weighted by atomic mass is 15.1. The Morgan fingerprint density at radius 3 is 1.54 bits per heavy atom. The third-order valence-electron chi connectivity index (χ3n) is 11.5. The first kappa shape index (κ1) is 32.1. The minimum Gasteiger partial charge on any atom is -0.310 e. The summed E-state index contributed by atoms with van der Waals surface area (Å²) in [4.78, 5) is 2.43. The molecule has 254 valence electrons. The van der Waals surface area contributed by atoms with Gasteiger partial charge in [0, 0.05) is 27.8 Å². The first-order chi connectivity index (χ1) is 25.3. The summed E-state index contributed by atoms with van der Waals surface area (Å²) >= 11 is 0. The molecule has 0 saturated carbocycles. The zero-order valence-electron chi connectivity index (χ0n) is 30.5. The lowest BCUT2D eigenvalue weighted by molar-refractivity contribution is 0.332. The maximum absolute atomic E-state index is 2.49. The largest absolute Gasteiger partial charge is 0.310 e. The Balaban J connectivity index is 1.26. The van der Waals surface area contributed by atoms with E-state index in [9.17, 15) is 0 Å². The molecule has 0 fully saturated rings. The van der Waals surface area contributed by atoms with Crippen molar-refractivity contribution in [1.29, 1.82) is 0 Å². The van der Waals surface area contributed by atoms with Crippen molar-refractivity contribution in [3.8, 4) is 27.9 Å². The summed E-state index contributed by atoms with van der Waals surface area (Å²) in [5, 5.41) is 2.49. The molecule has 1 aliphatic rings. The van der Waals surface area contributed by atoms with Gasteiger partial charge in [-0.3, -0.25) is 0 Å². The molecule has 0 N–H and O–H groups in total. The quantitative estimate of drug-likeness (QED) is 0.171. The molecule has 0 aliphatic heterocycles. The van der Waals surface area contributed by atoms with E-state index in [-0.39, 0.29) is 10.8 Å². The lowest BCUT2D eigenvalue weighted by Crippen LogP contribution is -2.33. The monoisotopic (exact) mass is 672 g/mol. The predicted octanol–water partition coefficient (Wildman–Crippen LogP) is 13.9. The van der Waals surface area contributed by atoms with Crippen molar-refractivity contribution < 1.29 is 0 Å². The fraction of sp³-hybridized carbons (Fsp3) is 0.160. The normalized spacial score (nSPS) is 14.7. The SMILES string of the molecule is CC1(C)CCC(C)(C)c2cc(-n3c4ccccc4c4c(N(c5ccc(-c6ccccc6)cc5)c5ccc(-c6ccccc6)cc5)cccc43)ccc21. The zero-order chi connectivity index (χ0) is 35.5. The van der Waals surface area contributed by atoms with Gasteiger partial charge in [0.1, 0.15) is 0 Å². The van der Waals surface area contributed by atoms with Gasteiger partial charge in [-0.25, -0.2) is 0 Å². The number of hydrogen-bond donors (Lipinski definition) is 0. The van der Waals surface area contributed by atoms with Gasteiger partial charge in [-0.1, -0.05) is 143 Å². The zero-order valence-corrected chi connectivity index (χ0v) is 30.5. The fourth-order valence-corrected chi connectivity index (χ4v) is 8.47. The van der Waals surface area contributed by atoms with Gasteiger partial charge >= 0.3 is 0 Å². The van der Waals surface area contributed by atoms with Gasteiger partial charge in [-0.05, 0) is 112 Å². The second kappa shape index (κ2) is 12.4. The summed E-state index contributed by atoms with van der Waals surface area (Å²) in [7, 11) is 0. The van der Waals surface area contributed by atoms with E-state index in [0.717, 1.165) is 17.1 Å². The van der Waals surface area contributed by atoms with Crippen LogP contribution in [0.2, 0.25) is 0 Å². The second-order valence-corrected chi connectivity index (χ2v) is 15.7. The van der Waals surface area contributed by atoms with Crippen LogP contribution < -0.4 is 4.90 Å². The highest BCUT2D eigenvalue weighted by Crippen LogP contribution is 2.48. The molecule has 1 aromatic heterocycles. The minimum atomic E-state index is 0.124. The van der Waals surface area contributed by atoms with Crippen LogP contribution in [0.25, 0.3) is 49.7 Å². The van der Waals surface area contributed by atoms with E-state index in [0.29, 0.717) is 0 Å². The minimum absolute atomic E-state index is 0.124. The molecule has 2 nitrogen and oxygen atoms in total. The summed E-state index contributed by atoms with van der Waals surface area (Å²) in [6.07, 6.45) is 2.40. The van der Waals surface area contributed by atoms with E-state index in [1.54, 1.807) is 0 Å². The molecule has 0 radical (unpaired) electrons. The molecule has 9 rings (SSSR count). The topological polar surface area (TPSA) is 8.17 Å². The average Bonchev–Trinajstić information content (AvgIpc) is 3.53. The van der Waals surface area contributed by atoms with Crippen LogP contribution in [0.5, 0.6) is 0 Å². The van der Waals surface area contributed by atoms with Crippen molar-refractivity contribution in [2.45, 2.75) is 51.4 Å². The Hall–Kier alpha value is -5.86. The van der Waals surface area contributed by atoms with Gasteiger partial charge in [-0.2, -0.15) is 0 Å². The Morgan fingerprint density at radius 2 is 0.942 bits per heavy atom. The maximum Gasteiger partial charge on any atom is 0.0562 e. The number of nitrogens with zero attached hydrogens (tertiary/aromatic N) is 2. The molecule has 2 heteroatoms. The number of fused-ring (bicyclic) bond motifs is 4. The summed E-state index contributed by atoms with van der Waals surface area (Å²) in [5.41, 5.74) is 15.1. The van der Waals surface area contributed by atoms with Crippen LogP contribution in [0.4, 0.5) is 17.1 Å². The number of benzene rings is 7. The number of anilines is 3. The summed E-state index contributed by atoms with van der Waals surface area (Å²) < 4.78 is 2.49. The van der Waals surface area contributed by atoms with Crippen LogP contribution in [0.3, 0.4) is 0 Å². The van der Waals surface area contributed by atoms with Crippen LogP contribution in [0, 0.1) is 0 Å². The molecule has 1 aliphatic carbocycles. The highest BCUT2D eigenvalue weighted by Gasteiger charge is 2.37. The van der Waals surface area contributed by atoms with E-state index in [1.165, 1.54) is 73.7 Å². The van der Waals surface area contributed by atoms with Crippen molar-refractivity contribution in [1.82, 2.24) is 4.57 Å². The van der Waals surface area contributed by atoms with Gasteiger partial charge in [0.05, 0.1) is 16.7 Å². The summed E-state index contributed by atoms with van der Waals surface area (Å²) in [6, 6.07) is 62.2. The first-order valence-corrected chi connectivity index (χ1v) is 18.6. The van der Waals surface area contributed by atoms with Crippen molar-refractivity contribution >= 4 is 38.9 Å². The van der Waals surface area contributed by atoms with Gasteiger partial charge in [0.15, 0.2) is 0 Å². The molecule has 8 aromatic rings. The van der Waals surface area contributed by atoms with Crippen LogP contribution in [-0.4, -0.2) is 4.57 Å². The Morgan fingerprint density at radius 1 is 0.442 bits per heavy atom. The van der Waals surface area contributed by atoms with Gasteiger partial charge in [0.25, 0.3) is 0 Å². The van der Waals surface area contributed by atoms with Crippen molar-refractivity contribution in [3.63, 3.8) is 0 Å². The number of hydrogen-bond acceptors (Lipinski definition) is 1. The molecule has 0 unspecified atom stereocenters. The first-order valence-electron chi connectivity index (χ1n) is 18.6. The highest BCUT2D eigenvalue weighted by molar-refractivity contribution is 6.16. The number of rotatable bonds is 6. The van der Waals surface area contributed by atoms with Crippen LogP contribution in [0.15, 0.2) is 170 Å². The average molecular weight is 673 g/mol. The molecular weight excluding hydrogens is 629 g/mol. The third kappa shape index (κ3) is 5.42. The van der Waals surface area contributed by atoms with Gasteiger partial charge < -0.3 is 9.47 Å². The Labute approximate surface area is 307 Å². The van der Waals surface area contributed by atoms with E-state index in [2.05, 4.69) is 207 Å². The van der Waals surface area contributed by atoms with Crippen LogP contribution >= 0.6 is 0 Å². The molecule has 0 amide bonds. The molecular formula is C50H44N2. The molecule has 0 bridgehead atoms. The molecule has 0 atom stereocenters. The predicted molar refractivity (Wildman–Crippen MR) is 222 cm³/mol. The van der Waals surface area contributed by atoms with Gasteiger partial charge in [-0.15, -0.1) is 0 Å². The smallest absolute Gasteiger partial charge is 0.0562 e. The molecule has 0 saturated heterocycles. The standard InChI is InChI=1S/C50H44N2/c1-49(2)32-33-50(3,4)44-34-41(30-31-43(44)49)52-45-19-12-11-18-42(45)48-46(20-13-21-47(48)52)51(39-26-22-37(23-27-39)35-14-7-5-8-15-35)40-28-24-38(25-29-40)36-16-9-6-10-17-36/h5-31,34H,32-33H2,1-4H3. The van der Waals surface area contributed by atoms with Crippen molar-refractivity contribution in [2.24, 2.45) is 0 Å². The van der Waals surface area contributed by atoms with E-state index >= 15 is 0 Å². The maximum atomic E-state index is 2.49. The Bertz CT molecular complexity index is 2450. The van der Waals surface area contributed by atoms with Crippen molar-refractivity contribution in [3.05, 3.63) is 181 Å². The van der Waals surface area contributed by atoms with Crippen LogP contribution in [0.1, 0.15) is 51.7 Å². The van der Waals surface area contributed by atoms with Crippen LogP contribution in [-0.2, 0) is 10.8 Å². The summed E-state index contributed by atoms with van der Waals surface area (Å²) in [6.45, 7) is 9.64. The molecule has 52 heavy (non-hydrogen) atoms. The molecule has 0 spiro atoms.